The SMILES string of the molecule is C/C=c1/c(C(=O)C(=O)N2CCNCC2)c[nH]/c1=C/C.CC. The van der Waals surface area contributed by atoms with E-state index in [1.165, 1.54) is 0 Å². The molecule has 5 heteroatoms. The topological polar surface area (TPSA) is 65.2 Å². The molecular formula is C16H25N3O2. The fourth-order valence-corrected chi connectivity index (χ4v) is 2.31. The van der Waals surface area contributed by atoms with Crippen molar-refractivity contribution in [3.63, 3.8) is 0 Å². The Bertz CT molecular complexity index is 596. The van der Waals surface area contributed by atoms with Crippen LogP contribution in [-0.4, -0.2) is 47.8 Å². The maximum atomic E-state index is 12.3. The highest BCUT2D eigenvalue weighted by molar-refractivity contribution is 6.42. The summed E-state index contributed by atoms with van der Waals surface area (Å²) in [6.45, 7) is 10.4. The van der Waals surface area contributed by atoms with Crippen LogP contribution in [0.1, 0.15) is 38.1 Å². The van der Waals surface area contributed by atoms with Crippen LogP contribution >= 0.6 is 0 Å². The second-order valence-corrected chi connectivity index (χ2v) is 4.48. The van der Waals surface area contributed by atoms with Gasteiger partial charge in [0.05, 0.1) is 5.56 Å². The second kappa shape index (κ2) is 8.42. The lowest BCUT2D eigenvalue weighted by Crippen LogP contribution is -2.49. The number of carbonyl (C=O) groups excluding carboxylic acids is 2. The summed E-state index contributed by atoms with van der Waals surface area (Å²) in [7, 11) is 0. The zero-order valence-corrected chi connectivity index (χ0v) is 13.3. The van der Waals surface area contributed by atoms with Crippen molar-refractivity contribution in [3.8, 4) is 0 Å². The van der Waals surface area contributed by atoms with Crippen LogP contribution in [0.4, 0.5) is 0 Å². The van der Waals surface area contributed by atoms with E-state index in [0.717, 1.165) is 23.7 Å². The summed E-state index contributed by atoms with van der Waals surface area (Å²) < 4.78 is 0. The molecule has 0 spiro atoms. The van der Waals surface area contributed by atoms with Crippen LogP contribution in [0.2, 0.25) is 0 Å². The van der Waals surface area contributed by atoms with E-state index in [2.05, 4.69) is 10.3 Å². The summed E-state index contributed by atoms with van der Waals surface area (Å²) in [5.74, 6) is -0.842. The number of rotatable bonds is 2. The molecule has 1 aliphatic rings. The van der Waals surface area contributed by atoms with Crippen LogP contribution in [0.25, 0.3) is 12.2 Å². The standard InChI is InChI=1S/C14H19N3O2.C2H6/c1-3-10-11(9-16-12(10)4-2)13(18)14(19)17-7-5-15-6-8-17;1-2/h3-4,9,15-16H,5-8H2,1-2H3;1-2H3/b10-3-,12-4+;. The Kier molecular flexibility index (Phi) is 6.88. The minimum absolute atomic E-state index is 0.411. The number of hydrogen-bond donors (Lipinski definition) is 2. The highest BCUT2D eigenvalue weighted by Crippen LogP contribution is 1.99. The van der Waals surface area contributed by atoms with Gasteiger partial charge in [0, 0.05) is 42.9 Å². The van der Waals surface area contributed by atoms with Crippen molar-refractivity contribution in [2.75, 3.05) is 26.2 Å². The Hall–Kier alpha value is -1.88. The molecule has 2 rings (SSSR count). The predicted octanol–water partition coefficient (Wildman–Crippen LogP) is 0.256. The molecule has 1 aromatic rings. The van der Waals surface area contributed by atoms with E-state index in [1.807, 2.05) is 39.8 Å². The number of H-pyrrole nitrogens is 1. The number of nitrogens with one attached hydrogen (secondary N) is 2. The number of nitrogens with zero attached hydrogens (tertiary/aromatic N) is 1. The van der Waals surface area contributed by atoms with E-state index in [9.17, 15) is 9.59 Å². The Morgan fingerprint density at radius 1 is 1.14 bits per heavy atom. The summed E-state index contributed by atoms with van der Waals surface area (Å²) >= 11 is 0. The molecule has 1 fully saturated rings. The van der Waals surface area contributed by atoms with Crippen LogP contribution in [0.15, 0.2) is 6.20 Å². The molecule has 2 heterocycles. The maximum Gasteiger partial charge on any atom is 0.295 e. The molecule has 1 amide bonds. The number of carbonyl (C=O) groups is 2. The van der Waals surface area contributed by atoms with Crippen LogP contribution in [0.5, 0.6) is 0 Å². The van der Waals surface area contributed by atoms with Gasteiger partial charge in [0.15, 0.2) is 0 Å². The number of aromatic amines is 1. The van der Waals surface area contributed by atoms with Gasteiger partial charge in [-0.3, -0.25) is 9.59 Å². The van der Waals surface area contributed by atoms with Gasteiger partial charge in [0.2, 0.25) is 0 Å². The minimum Gasteiger partial charge on any atom is -0.361 e. The Labute approximate surface area is 125 Å². The van der Waals surface area contributed by atoms with E-state index < -0.39 is 11.7 Å². The molecule has 1 aliphatic heterocycles. The van der Waals surface area contributed by atoms with Crippen LogP contribution in [0, 0.1) is 0 Å². The third-order valence-corrected chi connectivity index (χ3v) is 3.37. The first kappa shape index (κ1) is 17.2. The van der Waals surface area contributed by atoms with Crippen LogP contribution in [0.3, 0.4) is 0 Å². The molecule has 1 saturated heterocycles. The molecule has 0 saturated carbocycles. The number of ketones is 1. The molecule has 1 aromatic heterocycles. The maximum absolute atomic E-state index is 12.3. The lowest BCUT2D eigenvalue weighted by Gasteiger charge is -2.26. The lowest BCUT2D eigenvalue weighted by molar-refractivity contribution is -0.127. The molecule has 116 valence electrons. The highest BCUT2D eigenvalue weighted by Gasteiger charge is 2.25. The highest BCUT2D eigenvalue weighted by atomic mass is 16.2. The van der Waals surface area contributed by atoms with Crippen molar-refractivity contribution in [1.82, 2.24) is 15.2 Å². The summed E-state index contributed by atoms with van der Waals surface area (Å²) in [6.07, 6.45) is 5.36. The molecule has 0 aliphatic carbocycles. The number of amides is 1. The Balaban J connectivity index is 0.00000106. The number of hydrogen-bond acceptors (Lipinski definition) is 3. The van der Waals surface area contributed by atoms with Gasteiger partial charge in [-0.15, -0.1) is 0 Å². The van der Waals surface area contributed by atoms with Gasteiger partial charge < -0.3 is 15.2 Å². The van der Waals surface area contributed by atoms with Crippen molar-refractivity contribution in [2.24, 2.45) is 0 Å². The van der Waals surface area contributed by atoms with Gasteiger partial charge in [-0.05, 0) is 13.8 Å². The van der Waals surface area contributed by atoms with E-state index in [4.69, 9.17) is 0 Å². The van der Waals surface area contributed by atoms with Gasteiger partial charge in [-0.25, -0.2) is 0 Å². The van der Waals surface area contributed by atoms with Crippen LogP contribution in [-0.2, 0) is 4.79 Å². The van der Waals surface area contributed by atoms with Crippen molar-refractivity contribution in [3.05, 3.63) is 22.3 Å². The lowest BCUT2D eigenvalue weighted by atomic mass is 10.1. The van der Waals surface area contributed by atoms with Crippen molar-refractivity contribution in [1.29, 1.82) is 0 Å². The largest absolute Gasteiger partial charge is 0.361 e. The normalized spacial score (nSPS) is 16.5. The summed E-state index contributed by atoms with van der Waals surface area (Å²) in [4.78, 5) is 29.1. The number of piperazine rings is 1. The smallest absolute Gasteiger partial charge is 0.295 e. The predicted molar refractivity (Wildman–Crippen MR) is 85.4 cm³/mol. The molecule has 2 N–H and O–H groups in total. The molecule has 0 atom stereocenters. The molecule has 5 nitrogen and oxygen atoms in total. The van der Waals surface area contributed by atoms with Gasteiger partial charge in [0.25, 0.3) is 11.7 Å². The molecule has 21 heavy (non-hydrogen) atoms. The monoisotopic (exact) mass is 291 g/mol. The Morgan fingerprint density at radius 3 is 2.29 bits per heavy atom. The van der Waals surface area contributed by atoms with Crippen molar-refractivity contribution < 1.29 is 9.59 Å². The van der Waals surface area contributed by atoms with Gasteiger partial charge in [-0.2, -0.15) is 0 Å². The van der Waals surface area contributed by atoms with Gasteiger partial charge >= 0.3 is 0 Å². The zero-order valence-electron chi connectivity index (χ0n) is 13.3. The van der Waals surface area contributed by atoms with Crippen LogP contribution < -0.4 is 15.9 Å². The fraction of sp³-hybridized carbons (Fsp3) is 0.500. The molecule has 0 unspecified atom stereocenters. The quantitative estimate of drug-likeness (QED) is 0.607. The molecule has 0 radical (unpaired) electrons. The van der Waals surface area contributed by atoms with E-state index in [1.54, 1.807) is 11.1 Å². The van der Waals surface area contributed by atoms with Crippen molar-refractivity contribution >= 4 is 23.8 Å². The first-order valence-corrected chi connectivity index (χ1v) is 7.53. The average Bonchev–Trinajstić information content (AvgIpc) is 2.99. The Morgan fingerprint density at radius 2 is 1.76 bits per heavy atom. The molecule has 0 aromatic carbocycles. The second-order valence-electron chi connectivity index (χ2n) is 4.48. The summed E-state index contributed by atoms with van der Waals surface area (Å²) in [6, 6.07) is 0. The fourth-order valence-electron chi connectivity index (χ4n) is 2.31. The number of aromatic nitrogens is 1. The molecular weight excluding hydrogens is 266 g/mol. The minimum atomic E-state index is -0.431. The third kappa shape index (κ3) is 3.82. The molecule has 0 bridgehead atoms. The van der Waals surface area contributed by atoms with E-state index >= 15 is 0 Å². The average molecular weight is 291 g/mol. The van der Waals surface area contributed by atoms with Gasteiger partial charge in [0.1, 0.15) is 0 Å². The van der Waals surface area contributed by atoms with E-state index in [0.29, 0.717) is 18.7 Å². The number of Topliss-reactive ketones (excluding diaryl/α,β-unsaturated/α-hetero) is 1. The third-order valence-electron chi connectivity index (χ3n) is 3.37. The first-order valence-electron chi connectivity index (χ1n) is 7.53. The summed E-state index contributed by atoms with van der Waals surface area (Å²) in [5, 5.41) is 4.84. The zero-order chi connectivity index (χ0) is 15.8. The van der Waals surface area contributed by atoms with E-state index in [-0.39, 0.29) is 0 Å². The first-order chi connectivity index (χ1) is 10.2. The van der Waals surface area contributed by atoms with Gasteiger partial charge in [-0.1, -0.05) is 26.0 Å². The summed E-state index contributed by atoms with van der Waals surface area (Å²) in [5.41, 5.74) is 0.458. The van der Waals surface area contributed by atoms with Crippen molar-refractivity contribution in [2.45, 2.75) is 27.7 Å².